The SMILES string of the molecule is O=[N+]([O-])c1cnc(Cl)nc1NCc1ccc(Br)s1. The third-order valence-corrected chi connectivity index (χ3v) is 3.80. The molecule has 2 heterocycles. The quantitative estimate of drug-likeness (QED) is 0.519. The molecule has 0 bridgehead atoms. The Bertz CT molecular complexity index is 592. The van der Waals surface area contributed by atoms with Gasteiger partial charge in [0.25, 0.3) is 0 Å². The second-order valence-corrected chi connectivity index (χ2v) is 6.07. The fraction of sp³-hybridized carbons (Fsp3) is 0.111. The van der Waals surface area contributed by atoms with Gasteiger partial charge in [0, 0.05) is 4.88 Å². The molecule has 94 valence electrons. The largest absolute Gasteiger partial charge is 0.359 e. The van der Waals surface area contributed by atoms with Crippen LogP contribution in [0.15, 0.2) is 22.1 Å². The van der Waals surface area contributed by atoms with E-state index in [0.717, 1.165) is 14.9 Å². The number of anilines is 1. The highest BCUT2D eigenvalue weighted by Gasteiger charge is 2.16. The minimum atomic E-state index is -0.553. The Labute approximate surface area is 119 Å². The number of nitrogens with one attached hydrogen (secondary N) is 1. The van der Waals surface area contributed by atoms with Crippen LogP contribution in [-0.2, 0) is 6.54 Å². The molecule has 1 N–H and O–H groups in total. The lowest BCUT2D eigenvalue weighted by molar-refractivity contribution is -0.384. The number of nitrogens with zero attached hydrogens (tertiary/aromatic N) is 3. The second-order valence-electron chi connectivity index (χ2n) is 3.19. The average Bonchev–Trinajstić information content (AvgIpc) is 2.72. The molecule has 2 aromatic rings. The van der Waals surface area contributed by atoms with E-state index in [9.17, 15) is 10.1 Å². The fourth-order valence-electron chi connectivity index (χ4n) is 1.24. The summed E-state index contributed by atoms with van der Waals surface area (Å²) < 4.78 is 0.995. The molecule has 6 nitrogen and oxygen atoms in total. The summed E-state index contributed by atoms with van der Waals surface area (Å²) in [7, 11) is 0. The van der Waals surface area contributed by atoms with Crippen molar-refractivity contribution >= 4 is 50.4 Å². The Balaban J connectivity index is 2.17. The van der Waals surface area contributed by atoms with Crippen molar-refractivity contribution in [2.75, 3.05) is 5.32 Å². The molecule has 0 atom stereocenters. The van der Waals surface area contributed by atoms with E-state index < -0.39 is 4.92 Å². The van der Waals surface area contributed by atoms with Gasteiger partial charge in [0.05, 0.1) is 15.3 Å². The van der Waals surface area contributed by atoms with Crippen molar-refractivity contribution in [3.8, 4) is 0 Å². The monoisotopic (exact) mass is 348 g/mol. The Morgan fingerprint density at radius 1 is 1.56 bits per heavy atom. The predicted octanol–water partition coefficient (Wildman–Crippen LogP) is 3.47. The molecule has 0 aliphatic carbocycles. The molecule has 0 aromatic carbocycles. The highest BCUT2D eigenvalue weighted by Crippen LogP contribution is 2.25. The van der Waals surface area contributed by atoms with Gasteiger partial charge in [0.2, 0.25) is 11.1 Å². The van der Waals surface area contributed by atoms with Gasteiger partial charge < -0.3 is 5.32 Å². The van der Waals surface area contributed by atoms with Gasteiger partial charge in [-0.05, 0) is 39.7 Å². The van der Waals surface area contributed by atoms with Crippen molar-refractivity contribution in [1.82, 2.24) is 9.97 Å². The maximum absolute atomic E-state index is 10.8. The van der Waals surface area contributed by atoms with Crippen LogP contribution in [0.5, 0.6) is 0 Å². The maximum Gasteiger partial charge on any atom is 0.329 e. The van der Waals surface area contributed by atoms with Crippen molar-refractivity contribution in [2.24, 2.45) is 0 Å². The molecule has 0 saturated carbocycles. The molecule has 2 aromatic heterocycles. The van der Waals surface area contributed by atoms with Crippen LogP contribution in [-0.4, -0.2) is 14.9 Å². The van der Waals surface area contributed by atoms with Gasteiger partial charge in [-0.15, -0.1) is 11.3 Å². The molecule has 0 amide bonds. The number of nitro groups is 1. The fourth-order valence-corrected chi connectivity index (χ4v) is 2.79. The zero-order valence-electron chi connectivity index (χ0n) is 8.76. The van der Waals surface area contributed by atoms with Crippen LogP contribution >= 0.6 is 38.9 Å². The standard InChI is InChI=1S/C9H6BrClN4O2S/c10-7-2-1-5(18-7)3-12-8-6(15(16)17)4-13-9(11)14-8/h1-2,4H,3H2,(H,12,13,14). The van der Waals surface area contributed by atoms with E-state index in [1.165, 1.54) is 11.3 Å². The van der Waals surface area contributed by atoms with Crippen molar-refractivity contribution in [2.45, 2.75) is 6.54 Å². The first-order valence-corrected chi connectivity index (χ1v) is 6.70. The number of halogens is 2. The molecule has 0 aliphatic heterocycles. The Hall–Kier alpha value is -1.25. The van der Waals surface area contributed by atoms with Gasteiger partial charge in [-0.25, -0.2) is 4.98 Å². The van der Waals surface area contributed by atoms with Gasteiger partial charge in [0.1, 0.15) is 6.20 Å². The van der Waals surface area contributed by atoms with Crippen LogP contribution in [0.4, 0.5) is 11.5 Å². The minimum Gasteiger partial charge on any atom is -0.359 e. The zero-order chi connectivity index (χ0) is 13.1. The highest BCUT2D eigenvalue weighted by atomic mass is 79.9. The van der Waals surface area contributed by atoms with Crippen LogP contribution in [0.2, 0.25) is 5.28 Å². The van der Waals surface area contributed by atoms with Crippen LogP contribution in [0.3, 0.4) is 0 Å². The highest BCUT2D eigenvalue weighted by molar-refractivity contribution is 9.11. The summed E-state index contributed by atoms with van der Waals surface area (Å²) in [5, 5.41) is 13.6. The van der Waals surface area contributed by atoms with E-state index in [2.05, 4.69) is 31.2 Å². The third kappa shape index (κ3) is 3.15. The Morgan fingerprint density at radius 3 is 2.94 bits per heavy atom. The molecule has 0 saturated heterocycles. The van der Waals surface area contributed by atoms with E-state index in [1.54, 1.807) is 0 Å². The lowest BCUT2D eigenvalue weighted by Crippen LogP contribution is -2.04. The lowest BCUT2D eigenvalue weighted by Gasteiger charge is -2.04. The van der Waals surface area contributed by atoms with E-state index in [-0.39, 0.29) is 16.8 Å². The number of hydrogen-bond donors (Lipinski definition) is 1. The summed E-state index contributed by atoms with van der Waals surface area (Å²) in [6.07, 6.45) is 1.09. The predicted molar refractivity (Wildman–Crippen MR) is 73.0 cm³/mol. The first-order valence-electron chi connectivity index (χ1n) is 4.71. The molecule has 0 fully saturated rings. The number of thiophene rings is 1. The molecule has 2 rings (SSSR count). The summed E-state index contributed by atoms with van der Waals surface area (Å²) in [5.41, 5.74) is -0.199. The number of rotatable bonds is 4. The zero-order valence-corrected chi connectivity index (χ0v) is 11.9. The van der Waals surface area contributed by atoms with E-state index in [1.807, 2.05) is 12.1 Å². The molecule has 0 spiro atoms. The summed E-state index contributed by atoms with van der Waals surface area (Å²) >= 11 is 10.5. The Morgan fingerprint density at radius 2 is 2.33 bits per heavy atom. The van der Waals surface area contributed by atoms with Crippen LogP contribution in [0, 0.1) is 10.1 Å². The summed E-state index contributed by atoms with van der Waals surface area (Å²) in [5.74, 6) is 0.115. The smallest absolute Gasteiger partial charge is 0.329 e. The molecule has 0 aliphatic rings. The molecule has 18 heavy (non-hydrogen) atoms. The summed E-state index contributed by atoms with van der Waals surface area (Å²) in [6, 6.07) is 3.82. The first kappa shape index (κ1) is 13.2. The van der Waals surface area contributed by atoms with Gasteiger partial charge in [-0.3, -0.25) is 10.1 Å². The topological polar surface area (TPSA) is 81.0 Å². The van der Waals surface area contributed by atoms with E-state index >= 15 is 0 Å². The molecule has 9 heteroatoms. The van der Waals surface area contributed by atoms with Crippen LogP contribution < -0.4 is 5.32 Å². The normalized spacial score (nSPS) is 10.3. The summed E-state index contributed by atoms with van der Waals surface area (Å²) in [4.78, 5) is 18.7. The summed E-state index contributed by atoms with van der Waals surface area (Å²) in [6.45, 7) is 0.435. The van der Waals surface area contributed by atoms with E-state index in [4.69, 9.17) is 11.6 Å². The third-order valence-electron chi connectivity index (χ3n) is 2.00. The van der Waals surface area contributed by atoms with Gasteiger partial charge in [0.15, 0.2) is 0 Å². The van der Waals surface area contributed by atoms with E-state index in [0.29, 0.717) is 6.54 Å². The van der Waals surface area contributed by atoms with Crippen molar-refractivity contribution in [3.05, 3.63) is 42.4 Å². The Kier molecular flexibility index (Phi) is 4.10. The number of hydrogen-bond acceptors (Lipinski definition) is 6. The van der Waals surface area contributed by atoms with Crippen LogP contribution in [0.25, 0.3) is 0 Å². The molecular formula is C9H6BrClN4O2S. The molecule has 0 radical (unpaired) electrons. The maximum atomic E-state index is 10.8. The first-order chi connectivity index (χ1) is 8.56. The average molecular weight is 350 g/mol. The van der Waals surface area contributed by atoms with Crippen molar-refractivity contribution in [1.29, 1.82) is 0 Å². The van der Waals surface area contributed by atoms with Crippen LogP contribution in [0.1, 0.15) is 4.88 Å². The van der Waals surface area contributed by atoms with Gasteiger partial charge in [-0.1, -0.05) is 0 Å². The lowest BCUT2D eigenvalue weighted by atomic mass is 10.4. The van der Waals surface area contributed by atoms with Crippen molar-refractivity contribution in [3.63, 3.8) is 0 Å². The van der Waals surface area contributed by atoms with Gasteiger partial charge >= 0.3 is 5.69 Å². The number of aromatic nitrogens is 2. The minimum absolute atomic E-state index is 0.0320. The molecular weight excluding hydrogens is 344 g/mol. The van der Waals surface area contributed by atoms with Crippen molar-refractivity contribution < 1.29 is 4.92 Å². The van der Waals surface area contributed by atoms with Gasteiger partial charge in [-0.2, -0.15) is 4.98 Å². The second kappa shape index (κ2) is 5.59. The molecule has 0 unspecified atom stereocenters.